The zero-order chi connectivity index (χ0) is 16.2. The Bertz CT molecular complexity index is 871. The first-order valence-corrected chi connectivity index (χ1v) is 9.06. The molecule has 24 heavy (non-hydrogen) atoms. The van der Waals surface area contributed by atoms with Gasteiger partial charge in [-0.25, -0.2) is 0 Å². The summed E-state index contributed by atoms with van der Waals surface area (Å²) in [5.74, 6) is 0. The van der Waals surface area contributed by atoms with Gasteiger partial charge in [-0.05, 0) is 46.2 Å². The van der Waals surface area contributed by atoms with E-state index < -0.39 is 0 Å². The largest absolute Gasteiger partial charge is 0.363 e. The molecule has 0 spiro atoms. The highest BCUT2D eigenvalue weighted by atomic mass is 32.1. The van der Waals surface area contributed by atoms with Crippen LogP contribution in [0.5, 0.6) is 0 Å². The monoisotopic (exact) mass is 329 g/mol. The Labute approximate surface area is 146 Å². The van der Waals surface area contributed by atoms with Gasteiger partial charge in [-0.2, -0.15) is 0 Å². The maximum atomic E-state index is 2.45. The van der Waals surface area contributed by atoms with Gasteiger partial charge in [-0.3, -0.25) is 0 Å². The predicted molar refractivity (Wildman–Crippen MR) is 105 cm³/mol. The van der Waals surface area contributed by atoms with E-state index in [1.54, 1.807) is 11.3 Å². The highest BCUT2D eigenvalue weighted by Crippen LogP contribution is 2.28. The fourth-order valence-corrected chi connectivity index (χ4v) is 3.77. The van der Waals surface area contributed by atoms with Crippen molar-refractivity contribution in [1.82, 2.24) is 0 Å². The molecule has 1 nitrogen and oxygen atoms in total. The molecule has 0 saturated carbocycles. The maximum Gasteiger partial charge on any atom is 0.0433 e. The van der Waals surface area contributed by atoms with Crippen molar-refractivity contribution in [3.63, 3.8) is 0 Å². The fraction of sp³-hybridized carbons (Fsp3) is 0.0909. The summed E-state index contributed by atoms with van der Waals surface area (Å²) in [5, 5.41) is 3.48. The molecule has 2 heteroatoms. The second-order valence-electron chi connectivity index (χ2n) is 5.97. The summed E-state index contributed by atoms with van der Waals surface area (Å²) in [6, 6.07) is 30.3. The minimum atomic E-state index is 0.908. The van der Waals surface area contributed by atoms with Crippen molar-refractivity contribution in [1.29, 1.82) is 0 Å². The van der Waals surface area contributed by atoms with E-state index in [0.29, 0.717) is 0 Å². The van der Waals surface area contributed by atoms with E-state index in [2.05, 4.69) is 95.2 Å². The van der Waals surface area contributed by atoms with Gasteiger partial charge in [-0.1, -0.05) is 60.7 Å². The van der Waals surface area contributed by atoms with Gasteiger partial charge >= 0.3 is 0 Å². The molecule has 0 aliphatic rings. The standard InChI is InChI=1S/C22H19NS/c1-3-7-18(8-4-1)16-23(17-19-9-5-2-6-10-19)21-11-12-22-20(15-21)13-14-24-22/h1-15H,16-17H2. The lowest BCUT2D eigenvalue weighted by Gasteiger charge is -2.25. The summed E-state index contributed by atoms with van der Waals surface area (Å²) in [6.45, 7) is 1.82. The van der Waals surface area contributed by atoms with Crippen LogP contribution in [0.25, 0.3) is 10.1 Å². The molecule has 118 valence electrons. The Hall–Kier alpha value is -2.58. The Kier molecular flexibility index (Phi) is 4.30. The number of benzene rings is 3. The summed E-state index contributed by atoms with van der Waals surface area (Å²) in [7, 11) is 0. The minimum absolute atomic E-state index is 0.908. The number of nitrogens with zero attached hydrogens (tertiary/aromatic N) is 1. The van der Waals surface area contributed by atoms with Gasteiger partial charge in [0.15, 0.2) is 0 Å². The third-order valence-electron chi connectivity index (χ3n) is 4.23. The van der Waals surface area contributed by atoms with Crippen LogP contribution in [-0.4, -0.2) is 0 Å². The van der Waals surface area contributed by atoms with Gasteiger partial charge in [0.2, 0.25) is 0 Å². The summed E-state index contributed by atoms with van der Waals surface area (Å²) < 4.78 is 1.35. The summed E-state index contributed by atoms with van der Waals surface area (Å²) >= 11 is 1.80. The van der Waals surface area contributed by atoms with Gasteiger partial charge in [0.05, 0.1) is 0 Å². The van der Waals surface area contributed by atoms with Crippen LogP contribution in [0, 0.1) is 0 Å². The number of hydrogen-bond acceptors (Lipinski definition) is 2. The molecule has 0 N–H and O–H groups in total. The van der Waals surface area contributed by atoms with Crippen LogP contribution in [0.15, 0.2) is 90.3 Å². The summed E-state index contributed by atoms with van der Waals surface area (Å²) in [5.41, 5.74) is 3.94. The average Bonchev–Trinajstić information content (AvgIpc) is 3.11. The lowest BCUT2D eigenvalue weighted by Crippen LogP contribution is -2.22. The van der Waals surface area contributed by atoms with Crippen molar-refractivity contribution in [2.75, 3.05) is 4.90 Å². The van der Waals surface area contributed by atoms with E-state index in [1.165, 1.54) is 26.9 Å². The SMILES string of the molecule is c1ccc(CN(Cc2ccccc2)c2ccc3sccc3c2)cc1. The van der Waals surface area contributed by atoms with E-state index in [9.17, 15) is 0 Å². The number of rotatable bonds is 5. The molecule has 0 amide bonds. The summed E-state index contributed by atoms with van der Waals surface area (Å²) in [4.78, 5) is 2.45. The fourth-order valence-electron chi connectivity index (χ4n) is 3.00. The van der Waals surface area contributed by atoms with Gasteiger partial charge in [-0.15, -0.1) is 11.3 Å². The maximum absolute atomic E-state index is 2.45. The first-order chi connectivity index (χ1) is 11.9. The zero-order valence-corrected chi connectivity index (χ0v) is 14.2. The second-order valence-corrected chi connectivity index (χ2v) is 6.92. The van der Waals surface area contributed by atoms with E-state index in [4.69, 9.17) is 0 Å². The molecule has 3 aromatic carbocycles. The number of fused-ring (bicyclic) bond motifs is 1. The van der Waals surface area contributed by atoms with Crippen LogP contribution >= 0.6 is 11.3 Å². The second kappa shape index (κ2) is 6.90. The topological polar surface area (TPSA) is 3.24 Å². The van der Waals surface area contributed by atoms with Gasteiger partial charge in [0.1, 0.15) is 0 Å². The molecule has 0 fully saturated rings. The van der Waals surface area contributed by atoms with E-state index >= 15 is 0 Å². The first-order valence-electron chi connectivity index (χ1n) is 8.18. The normalized spacial score (nSPS) is 10.8. The van der Waals surface area contributed by atoms with E-state index in [-0.39, 0.29) is 0 Å². The predicted octanol–water partition coefficient (Wildman–Crippen LogP) is 6.11. The third-order valence-corrected chi connectivity index (χ3v) is 5.13. The van der Waals surface area contributed by atoms with Crippen LogP contribution in [0.4, 0.5) is 5.69 Å². The molecule has 0 unspecified atom stereocenters. The molecule has 0 radical (unpaired) electrons. The molecule has 4 rings (SSSR count). The number of thiophene rings is 1. The Morgan fingerprint density at radius 2 is 1.29 bits per heavy atom. The molecular formula is C22H19NS. The molecule has 4 aromatic rings. The Balaban J connectivity index is 1.68. The van der Waals surface area contributed by atoms with Crippen molar-refractivity contribution < 1.29 is 0 Å². The lowest BCUT2D eigenvalue weighted by atomic mass is 10.1. The van der Waals surface area contributed by atoms with Crippen molar-refractivity contribution in [3.8, 4) is 0 Å². The van der Waals surface area contributed by atoms with Crippen LogP contribution in [-0.2, 0) is 13.1 Å². The van der Waals surface area contributed by atoms with Crippen molar-refractivity contribution >= 4 is 27.1 Å². The highest BCUT2D eigenvalue weighted by molar-refractivity contribution is 7.17. The number of anilines is 1. The molecule has 1 heterocycles. The molecule has 0 atom stereocenters. The van der Waals surface area contributed by atoms with Gasteiger partial charge in [0, 0.05) is 23.5 Å². The highest BCUT2D eigenvalue weighted by Gasteiger charge is 2.09. The van der Waals surface area contributed by atoms with Crippen LogP contribution in [0.3, 0.4) is 0 Å². The van der Waals surface area contributed by atoms with Crippen molar-refractivity contribution in [2.45, 2.75) is 13.1 Å². The van der Waals surface area contributed by atoms with Gasteiger partial charge in [0.25, 0.3) is 0 Å². The molecule has 0 saturated heterocycles. The zero-order valence-electron chi connectivity index (χ0n) is 13.4. The lowest BCUT2D eigenvalue weighted by molar-refractivity contribution is 0.801. The van der Waals surface area contributed by atoms with Crippen molar-refractivity contribution in [2.24, 2.45) is 0 Å². The molecular weight excluding hydrogens is 310 g/mol. The Morgan fingerprint density at radius 3 is 1.92 bits per heavy atom. The van der Waals surface area contributed by atoms with E-state index in [1.807, 2.05) is 0 Å². The first kappa shape index (κ1) is 15.0. The average molecular weight is 329 g/mol. The van der Waals surface area contributed by atoms with Gasteiger partial charge < -0.3 is 4.90 Å². The van der Waals surface area contributed by atoms with Crippen molar-refractivity contribution in [3.05, 3.63) is 101 Å². The quantitative estimate of drug-likeness (QED) is 0.427. The molecule has 0 bridgehead atoms. The van der Waals surface area contributed by atoms with Crippen LogP contribution in [0.2, 0.25) is 0 Å². The number of hydrogen-bond donors (Lipinski definition) is 0. The Morgan fingerprint density at radius 1 is 0.667 bits per heavy atom. The molecule has 0 aliphatic heterocycles. The third kappa shape index (κ3) is 3.34. The smallest absolute Gasteiger partial charge is 0.0433 e. The van der Waals surface area contributed by atoms with E-state index in [0.717, 1.165) is 13.1 Å². The molecule has 0 aliphatic carbocycles. The van der Waals surface area contributed by atoms with Crippen LogP contribution in [0.1, 0.15) is 11.1 Å². The minimum Gasteiger partial charge on any atom is -0.363 e. The van der Waals surface area contributed by atoms with Crippen LogP contribution < -0.4 is 4.90 Å². The summed E-state index contributed by atoms with van der Waals surface area (Å²) in [6.07, 6.45) is 0. The molecule has 1 aromatic heterocycles.